The van der Waals surface area contributed by atoms with Crippen molar-refractivity contribution in [1.29, 1.82) is 0 Å². The third-order valence-electron chi connectivity index (χ3n) is 1.76. The molecule has 88 valence electrons. The minimum absolute atomic E-state index is 0.421. The zero-order chi connectivity index (χ0) is 12.1. The molecule has 0 spiro atoms. The number of allylic oxidation sites excluding steroid dienone is 1. The lowest BCUT2D eigenvalue weighted by Gasteiger charge is -2.24. The van der Waals surface area contributed by atoms with Gasteiger partial charge in [-0.05, 0) is 33.6 Å². The van der Waals surface area contributed by atoms with Crippen LogP contribution < -0.4 is 5.73 Å². The van der Waals surface area contributed by atoms with Crippen LogP contribution in [0.3, 0.4) is 0 Å². The minimum atomic E-state index is -0.982. The van der Waals surface area contributed by atoms with E-state index >= 15 is 0 Å². The first-order chi connectivity index (χ1) is 6.78. The van der Waals surface area contributed by atoms with E-state index in [1.54, 1.807) is 26.8 Å². The number of hydrogen-bond acceptors (Lipinski definition) is 4. The van der Waals surface area contributed by atoms with Gasteiger partial charge >= 0.3 is 5.97 Å². The number of hydrogen-bond donors (Lipinski definition) is 2. The van der Waals surface area contributed by atoms with Crippen LogP contribution in [0.2, 0.25) is 0 Å². The molecule has 0 bridgehead atoms. The van der Waals surface area contributed by atoms with Crippen molar-refractivity contribution < 1.29 is 14.6 Å². The van der Waals surface area contributed by atoms with Crippen LogP contribution in [0.15, 0.2) is 12.7 Å². The molecule has 4 nitrogen and oxygen atoms in total. The van der Waals surface area contributed by atoms with Gasteiger partial charge in [-0.2, -0.15) is 0 Å². The maximum absolute atomic E-state index is 11.4. The van der Waals surface area contributed by atoms with Crippen molar-refractivity contribution in [2.75, 3.05) is 0 Å². The predicted octanol–water partition coefficient (Wildman–Crippen LogP) is 0.982. The summed E-state index contributed by atoms with van der Waals surface area (Å²) in [5.41, 5.74) is 4.97. The first kappa shape index (κ1) is 14.1. The first-order valence-electron chi connectivity index (χ1n) is 5.05. The van der Waals surface area contributed by atoms with Gasteiger partial charge in [-0.15, -0.1) is 6.58 Å². The summed E-state index contributed by atoms with van der Waals surface area (Å²) in [6, 6.07) is -0.982. The number of aliphatic hydroxyl groups excluding tert-OH is 1. The molecule has 4 heteroatoms. The van der Waals surface area contributed by atoms with Gasteiger partial charge in [-0.3, -0.25) is 4.79 Å². The fourth-order valence-corrected chi connectivity index (χ4v) is 0.995. The molecule has 0 aromatic carbocycles. The van der Waals surface area contributed by atoms with Crippen molar-refractivity contribution in [3.63, 3.8) is 0 Å². The third-order valence-corrected chi connectivity index (χ3v) is 1.76. The average Bonchev–Trinajstić information content (AvgIpc) is 2.10. The SMILES string of the molecule is C=CCC[C@H](O)[C@H](N)C(=O)OC(C)(C)C. The number of aliphatic hydroxyl groups is 1. The molecule has 0 aliphatic heterocycles. The van der Waals surface area contributed by atoms with Gasteiger partial charge in [0.1, 0.15) is 11.6 Å². The van der Waals surface area contributed by atoms with Crippen molar-refractivity contribution in [1.82, 2.24) is 0 Å². The van der Waals surface area contributed by atoms with E-state index in [4.69, 9.17) is 10.5 Å². The Bertz CT molecular complexity index is 220. The largest absolute Gasteiger partial charge is 0.459 e. The number of rotatable bonds is 5. The van der Waals surface area contributed by atoms with Crippen LogP contribution >= 0.6 is 0 Å². The average molecular weight is 215 g/mol. The standard InChI is InChI=1S/C11H21NO3/c1-5-6-7-8(13)9(12)10(14)15-11(2,3)4/h5,8-9,13H,1,6-7,12H2,2-4H3/t8-,9-/m0/s1. The Morgan fingerprint density at radius 2 is 2.13 bits per heavy atom. The summed E-state index contributed by atoms with van der Waals surface area (Å²) in [7, 11) is 0. The summed E-state index contributed by atoms with van der Waals surface area (Å²) >= 11 is 0. The number of nitrogens with two attached hydrogens (primary N) is 1. The molecule has 0 heterocycles. The zero-order valence-corrected chi connectivity index (χ0v) is 9.69. The lowest BCUT2D eigenvalue weighted by atomic mass is 10.1. The van der Waals surface area contributed by atoms with Crippen LogP contribution in [-0.4, -0.2) is 28.8 Å². The molecule has 0 aliphatic rings. The molecule has 0 unspecified atom stereocenters. The van der Waals surface area contributed by atoms with E-state index in [1.807, 2.05) is 0 Å². The zero-order valence-electron chi connectivity index (χ0n) is 9.69. The van der Waals surface area contributed by atoms with Gasteiger partial charge in [-0.1, -0.05) is 6.08 Å². The Morgan fingerprint density at radius 1 is 1.60 bits per heavy atom. The summed E-state index contributed by atoms with van der Waals surface area (Å²) in [6.07, 6.45) is 1.84. The molecule has 0 rings (SSSR count). The lowest BCUT2D eigenvalue weighted by molar-refractivity contribution is -0.159. The van der Waals surface area contributed by atoms with E-state index < -0.39 is 23.7 Å². The molecule has 0 aromatic heterocycles. The molecule has 15 heavy (non-hydrogen) atoms. The lowest BCUT2D eigenvalue weighted by Crippen LogP contribution is -2.45. The Hall–Kier alpha value is -0.870. The van der Waals surface area contributed by atoms with Gasteiger partial charge in [0, 0.05) is 0 Å². The number of carbonyl (C=O) groups is 1. The molecular weight excluding hydrogens is 194 g/mol. The Morgan fingerprint density at radius 3 is 2.53 bits per heavy atom. The van der Waals surface area contributed by atoms with Crippen LogP contribution in [0, 0.1) is 0 Å². The van der Waals surface area contributed by atoms with Crippen LogP contribution in [0.25, 0.3) is 0 Å². The quantitative estimate of drug-likeness (QED) is 0.529. The highest BCUT2D eigenvalue weighted by atomic mass is 16.6. The van der Waals surface area contributed by atoms with E-state index in [9.17, 15) is 9.90 Å². The summed E-state index contributed by atoms with van der Waals surface area (Å²) in [4.78, 5) is 11.4. The van der Waals surface area contributed by atoms with E-state index in [1.165, 1.54) is 0 Å². The second kappa shape index (κ2) is 5.88. The van der Waals surface area contributed by atoms with Gasteiger partial charge in [0.05, 0.1) is 6.10 Å². The molecule has 3 N–H and O–H groups in total. The fraction of sp³-hybridized carbons (Fsp3) is 0.727. The van der Waals surface area contributed by atoms with Crippen molar-refractivity contribution in [2.45, 2.75) is 51.4 Å². The van der Waals surface area contributed by atoms with E-state index in [0.29, 0.717) is 12.8 Å². The highest BCUT2D eigenvalue weighted by Crippen LogP contribution is 2.10. The molecule has 0 amide bonds. The maximum Gasteiger partial charge on any atom is 0.326 e. The minimum Gasteiger partial charge on any atom is -0.459 e. The number of carbonyl (C=O) groups excluding carboxylic acids is 1. The first-order valence-corrected chi connectivity index (χ1v) is 5.05. The van der Waals surface area contributed by atoms with Crippen molar-refractivity contribution in [2.24, 2.45) is 5.73 Å². The molecule has 0 saturated carbocycles. The normalized spacial score (nSPS) is 15.5. The van der Waals surface area contributed by atoms with E-state index in [2.05, 4.69) is 6.58 Å². The molecule has 0 radical (unpaired) electrons. The highest BCUT2D eigenvalue weighted by molar-refractivity contribution is 5.76. The second-order valence-electron chi connectivity index (χ2n) is 4.49. The van der Waals surface area contributed by atoms with E-state index in [0.717, 1.165) is 0 Å². The van der Waals surface area contributed by atoms with Crippen molar-refractivity contribution in [3.8, 4) is 0 Å². The molecule has 0 fully saturated rings. The molecule has 2 atom stereocenters. The monoisotopic (exact) mass is 215 g/mol. The van der Waals surface area contributed by atoms with Crippen LogP contribution in [-0.2, 0) is 9.53 Å². The van der Waals surface area contributed by atoms with Gasteiger partial charge < -0.3 is 15.6 Å². The van der Waals surface area contributed by atoms with E-state index in [-0.39, 0.29) is 0 Å². The maximum atomic E-state index is 11.4. The summed E-state index contributed by atoms with van der Waals surface area (Å²) in [5, 5.41) is 9.54. The summed E-state index contributed by atoms with van der Waals surface area (Å²) in [5.74, 6) is -0.570. The Balaban J connectivity index is 4.13. The van der Waals surface area contributed by atoms with Crippen molar-refractivity contribution >= 4 is 5.97 Å². The van der Waals surface area contributed by atoms with Crippen LogP contribution in [0.4, 0.5) is 0 Å². The molecule has 0 aromatic rings. The fourth-order valence-electron chi connectivity index (χ4n) is 0.995. The van der Waals surface area contributed by atoms with Gasteiger partial charge in [0.2, 0.25) is 0 Å². The van der Waals surface area contributed by atoms with Crippen LogP contribution in [0.1, 0.15) is 33.6 Å². The third kappa shape index (κ3) is 6.25. The highest BCUT2D eigenvalue weighted by Gasteiger charge is 2.27. The molecule has 0 aliphatic carbocycles. The van der Waals surface area contributed by atoms with Gasteiger partial charge in [-0.25, -0.2) is 0 Å². The van der Waals surface area contributed by atoms with Gasteiger partial charge in [0.15, 0.2) is 0 Å². The smallest absolute Gasteiger partial charge is 0.326 e. The van der Waals surface area contributed by atoms with Gasteiger partial charge in [0.25, 0.3) is 0 Å². The molecular formula is C11H21NO3. The van der Waals surface area contributed by atoms with Crippen LogP contribution in [0.5, 0.6) is 0 Å². The molecule has 0 saturated heterocycles. The Kier molecular flexibility index (Phi) is 5.54. The van der Waals surface area contributed by atoms with Crippen molar-refractivity contribution in [3.05, 3.63) is 12.7 Å². The summed E-state index contributed by atoms with van der Waals surface area (Å²) < 4.78 is 5.05. The Labute approximate surface area is 91.1 Å². The summed E-state index contributed by atoms with van der Waals surface area (Å²) in [6.45, 7) is 8.80. The second-order valence-corrected chi connectivity index (χ2v) is 4.49. The topological polar surface area (TPSA) is 72.5 Å². The predicted molar refractivity (Wildman–Crippen MR) is 59.3 cm³/mol. The number of esters is 1. The number of ether oxygens (including phenoxy) is 1.